The van der Waals surface area contributed by atoms with E-state index in [0.717, 1.165) is 17.3 Å². The van der Waals surface area contributed by atoms with Crippen LogP contribution in [0.25, 0.3) is 10.9 Å². The van der Waals surface area contributed by atoms with Gasteiger partial charge in [-0.2, -0.15) is 9.78 Å². The van der Waals surface area contributed by atoms with Crippen LogP contribution in [0, 0.1) is 5.82 Å². The lowest BCUT2D eigenvalue weighted by molar-refractivity contribution is 0.267. The summed E-state index contributed by atoms with van der Waals surface area (Å²) in [6.45, 7) is 4.53. The zero-order valence-corrected chi connectivity index (χ0v) is 25.6. The zero-order chi connectivity index (χ0) is 27.2. The van der Waals surface area contributed by atoms with Crippen molar-refractivity contribution in [3.8, 4) is 11.5 Å². The van der Waals surface area contributed by atoms with Crippen molar-refractivity contribution in [1.29, 1.82) is 0 Å². The van der Waals surface area contributed by atoms with Crippen LogP contribution in [0.1, 0.15) is 43.6 Å². The van der Waals surface area contributed by atoms with Crippen LogP contribution in [0.4, 0.5) is 4.39 Å². The number of nitrogens with zero attached hydrogens (tertiary/aromatic N) is 3. The lowest BCUT2D eigenvalue weighted by atomic mass is 10.2. The lowest BCUT2D eigenvalue weighted by Gasteiger charge is -2.16. The minimum atomic E-state index is -0.327. The van der Waals surface area contributed by atoms with Crippen LogP contribution >= 0.6 is 47.8 Å². The van der Waals surface area contributed by atoms with Crippen molar-refractivity contribution >= 4 is 64.9 Å². The van der Waals surface area contributed by atoms with E-state index < -0.39 is 0 Å². The zero-order valence-electron chi connectivity index (χ0n) is 20.8. The molecule has 0 aliphatic heterocycles. The number of hydrogen-bond donors (Lipinski definition) is 0. The molecule has 0 saturated carbocycles. The largest absolute Gasteiger partial charge is 0.490 e. The van der Waals surface area contributed by atoms with Crippen LogP contribution in [-0.4, -0.2) is 22.5 Å². The Bertz CT molecular complexity index is 1560. The standard InChI is InChI=1S/C28H25Br3FN3O3/c1-3-5-9-24-34-22-11-10-19(29)14-21(22)28(36)35(24)33-15-18-13-23(37-4-2)27(26(31)25(18)30)38-16-17-7-6-8-20(32)12-17/h6-8,10-15H,3-5,9,16H2,1-2H3. The molecule has 1 heterocycles. The molecule has 0 N–H and O–H groups in total. The number of aromatic nitrogens is 2. The average Bonchev–Trinajstić information content (AvgIpc) is 2.90. The maximum atomic E-state index is 13.6. The van der Waals surface area contributed by atoms with E-state index >= 15 is 0 Å². The Hall–Kier alpha value is -2.56. The quantitative estimate of drug-likeness (QED) is 0.157. The molecule has 0 fully saturated rings. The molecule has 0 bridgehead atoms. The molecule has 1 aromatic heterocycles. The highest BCUT2D eigenvalue weighted by atomic mass is 79.9. The molecule has 4 rings (SSSR count). The number of fused-ring (bicyclic) bond motifs is 1. The Labute approximate surface area is 245 Å². The van der Waals surface area contributed by atoms with Crippen molar-refractivity contribution < 1.29 is 13.9 Å². The molecule has 0 radical (unpaired) electrons. The van der Waals surface area contributed by atoms with Gasteiger partial charge in [0.1, 0.15) is 18.2 Å². The number of unbranched alkanes of at least 4 members (excludes halogenated alkanes) is 1. The fourth-order valence-electron chi connectivity index (χ4n) is 3.81. The van der Waals surface area contributed by atoms with Crippen molar-refractivity contribution in [2.24, 2.45) is 5.10 Å². The topological polar surface area (TPSA) is 65.7 Å². The minimum absolute atomic E-state index is 0.158. The van der Waals surface area contributed by atoms with Gasteiger partial charge >= 0.3 is 0 Å². The Morgan fingerprint density at radius 1 is 1.05 bits per heavy atom. The van der Waals surface area contributed by atoms with Crippen LogP contribution in [0.15, 0.2) is 71.8 Å². The maximum absolute atomic E-state index is 13.6. The molecule has 3 aromatic carbocycles. The third kappa shape index (κ3) is 6.52. The third-order valence-corrected chi connectivity index (χ3v) is 8.31. The molecule has 38 heavy (non-hydrogen) atoms. The minimum Gasteiger partial charge on any atom is -0.490 e. The monoisotopic (exact) mass is 707 g/mol. The fraction of sp³-hybridized carbons (Fsp3) is 0.250. The van der Waals surface area contributed by atoms with Crippen molar-refractivity contribution in [3.05, 3.63) is 95.1 Å². The van der Waals surface area contributed by atoms with E-state index in [2.05, 4.69) is 59.8 Å². The SMILES string of the molecule is CCCCc1nc2ccc(Br)cc2c(=O)n1N=Cc1cc(OCC)c(OCc2cccc(F)c2)c(Br)c1Br. The predicted octanol–water partition coefficient (Wildman–Crippen LogP) is 8.03. The van der Waals surface area contributed by atoms with Gasteiger partial charge in [-0.25, -0.2) is 9.37 Å². The van der Waals surface area contributed by atoms with Crippen LogP contribution in [0.2, 0.25) is 0 Å². The number of aryl methyl sites for hydroxylation is 1. The smallest absolute Gasteiger partial charge is 0.282 e. The number of rotatable bonds is 10. The average molecular weight is 710 g/mol. The molecule has 0 saturated heterocycles. The van der Waals surface area contributed by atoms with Crippen molar-refractivity contribution in [3.63, 3.8) is 0 Å². The Balaban J connectivity index is 1.74. The fourth-order valence-corrected chi connectivity index (χ4v) is 5.11. The second kappa shape index (κ2) is 13.0. The van der Waals surface area contributed by atoms with E-state index in [1.165, 1.54) is 16.8 Å². The summed E-state index contributed by atoms with van der Waals surface area (Å²) in [7, 11) is 0. The van der Waals surface area contributed by atoms with Crippen molar-refractivity contribution in [2.45, 2.75) is 39.7 Å². The molecular formula is C28H25Br3FN3O3. The molecule has 0 amide bonds. The predicted molar refractivity (Wildman–Crippen MR) is 159 cm³/mol. The molecule has 198 valence electrons. The van der Waals surface area contributed by atoms with E-state index in [9.17, 15) is 9.18 Å². The van der Waals surface area contributed by atoms with E-state index in [4.69, 9.17) is 14.5 Å². The van der Waals surface area contributed by atoms with Gasteiger partial charge in [-0.1, -0.05) is 41.4 Å². The normalized spacial score (nSPS) is 11.4. The van der Waals surface area contributed by atoms with Crippen LogP contribution in [-0.2, 0) is 13.0 Å². The first-order chi connectivity index (χ1) is 18.3. The second-order valence-electron chi connectivity index (χ2n) is 8.43. The Morgan fingerprint density at radius 2 is 1.87 bits per heavy atom. The molecule has 4 aromatic rings. The highest BCUT2D eigenvalue weighted by Gasteiger charge is 2.18. The van der Waals surface area contributed by atoms with Crippen molar-refractivity contribution in [2.75, 3.05) is 6.61 Å². The van der Waals surface area contributed by atoms with E-state index in [0.29, 0.717) is 61.3 Å². The van der Waals surface area contributed by atoms with Crippen LogP contribution in [0.3, 0.4) is 0 Å². The Morgan fingerprint density at radius 3 is 2.61 bits per heavy atom. The number of ether oxygens (including phenoxy) is 2. The molecule has 0 aliphatic carbocycles. The summed E-state index contributed by atoms with van der Waals surface area (Å²) < 4.78 is 28.9. The molecule has 0 unspecified atom stereocenters. The van der Waals surface area contributed by atoms with Gasteiger partial charge in [-0.15, -0.1) is 0 Å². The van der Waals surface area contributed by atoms with Gasteiger partial charge in [0.25, 0.3) is 5.56 Å². The second-order valence-corrected chi connectivity index (χ2v) is 10.9. The first-order valence-electron chi connectivity index (χ1n) is 12.1. The maximum Gasteiger partial charge on any atom is 0.282 e. The summed E-state index contributed by atoms with van der Waals surface area (Å²) in [4.78, 5) is 18.1. The number of hydrogen-bond acceptors (Lipinski definition) is 5. The molecular weight excluding hydrogens is 685 g/mol. The van der Waals surface area contributed by atoms with E-state index in [1.54, 1.807) is 30.5 Å². The number of benzene rings is 3. The summed E-state index contributed by atoms with van der Waals surface area (Å²) in [5.41, 5.74) is 1.75. The van der Waals surface area contributed by atoms with Gasteiger partial charge < -0.3 is 9.47 Å². The first-order valence-corrected chi connectivity index (χ1v) is 14.5. The summed E-state index contributed by atoms with van der Waals surface area (Å²) >= 11 is 10.6. The summed E-state index contributed by atoms with van der Waals surface area (Å²) in [6, 6.07) is 13.5. The molecule has 0 atom stereocenters. The van der Waals surface area contributed by atoms with Gasteiger partial charge in [0.05, 0.1) is 28.2 Å². The summed E-state index contributed by atoms with van der Waals surface area (Å²) in [6.07, 6.45) is 4.06. The molecule has 10 heteroatoms. The van der Waals surface area contributed by atoms with Crippen molar-refractivity contribution in [1.82, 2.24) is 9.66 Å². The highest BCUT2D eigenvalue weighted by molar-refractivity contribution is 9.13. The van der Waals surface area contributed by atoms with E-state index in [1.807, 2.05) is 19.1 Å². The lowest BCUT2D eigenvalue weighted by Crippen LogP contribution is -2.22. The van der Waals surface area contributed by atoms with Gasteiger partial charge in [-0.3, -0.25) is 4.79 Å². The van der Waals surface area contributed by atoms with Gasteiger partial charge in [-0.05, 0) is 87.2 Å². The van der Waals surface area contributed by atoms with Crippen LogP contribution < -0.4 is 15.0 Å². The first kappa shape index (κ1) is 28.4. The molecule has 6 nitrogen and oxygen atoms in total. The molecule has 0 aliphatic rings. The Kier molecular flexibility index (Phi) is 9.73. The third-order valence-electron chi connectivity index (χ3n) is 5.67. The van der Waals surface area contributed by atoms with E-state index in [-0.39, 0.29) is 18.0 Å². The highest BCUT2D eigenvalue weighted by Crippen LogP contribution is 2.43. The van der Waals surface area contributed by atoms with Gasteiger partial charge in [0, 0.05) is 20.9 Å². The van der Waals surface area contributed by atoms with Gasteiger partial charge in [0.2, 0.25) is 0 Å². The van der Waals surface area contributed by atoms with Crippen LogP contribution in [0.5, 0.6) is 11.5 Å². The van der Waals surface area contributed by atoms with Gasteiger partial charge in [0.15, 0.2) is 11.5 Å². The summed E-state index contributed by atoms with van der Waals surface area (Å²) in [5.74, 6) is 1.22. The number of halogens is 4. The summed E-state index contributed by atoms with van der Waals surface area (Å²) in [5, 5.41) is 5.04. The molecule has 0 spiro atoms.